The first-order chi connectivity index (χ1) is 9.09. The summed E-state index contributed by atoms with van der Waals surface area (Å²) in [4.78, 5) is 0. The predicted octanol–water partition coefficient (Wildman–Crippen LogP) is 4.23. The van der Waals surface area contributed by atoms with Crippen molar-refractivity contribution in [1.29, 1.82) is 0 Å². The van der Waals surface area contributed by atoms with E-state index >= 15 is 0 Å². The second kappa shape index (κ2) is 4.00. The maximum Gasteiger partial charge on any atom is 0.0124 e. The molecule has 0 aliphatic heterocycles. The summed E-state index contributed by atoms with van der Waals surface area (Å²) in [6, 6.07) is 0.788. The van der Waals surface area contributed by atoms with Crippen LogP contribution in [0.15, 0.2) is 0 Å². The largest absolute Gasteiger partial charge is 0.316 e. The van der Waals surface area contributed by atoms with Crippen molar-refractivity contribution in [3.8, 4) is 0 Å². The molecule has 0 radical (unpaired) electrons. The molecule has 1 nitrogen and oxygen atoms in total. The Balaban J connectivity index is 1.62. The highest BCUT2D eigenvalue weighted by molar-refractivity contribution is 5.14. The molecule has 108 valence electrons. The maximum atomic E-state index is 3.60. The van der Waals surface area contributed by atoms with E-state index in [1.807, 2.05) is 0 Å². The van der Waals surface area contributed by atoms with Crippen molar-refractivity contribution in [3.05, 3.63) is 0 Å². The first-order valence-electron chi connectivity index (χ1n) is 8.77. The lowest BCUT2D eigenvalue weighted by atomic mass is 9.38. The van der Waals surface area contributed by atoms with Crippen LogP contribution < -0.4 is 5.32 Å². The van der Waals surface area contributed by atoms with E-state index in [2.05, 4.69) is 26.2 Å². The Kier molecular flexibility index (Phi) is 2.67. The van der Waals surface area contributed by atoms with Crippen LogP contribution in [0, 0.1) is 34.5 Å². The fourth-order valence-electron chi connectivity index (χ4n) is 7.35. The third-order valence-electron chi connectivity index (χ3n) is 8.00. The average Bonchev–Trinajstić information content (AvgIpc) is 2.35. The Bertz CT molecular complexity index is 339. The van der Waals surface area contributed by atoms with Crippen molar-refractivity contribution < 1.29 is 0 Å². The van der Waals surface area contributed by atoms with E-state index in [1.54, 1.807) is 38.5 Å². The van der Waals surface area contributed by atoms with E-state index in [4.69, 9.17) is 0 Å². The van der Waals surface area contributed by atoms with E-state index in [9.17, 15) is 0 Å². The van der Waals surface area contributed by atoms with Crippen molar-refractivity contribution >= 4 is 0 Å². The summed E-state index contributed by atoms with van der Waals surface area (Å²) < 4.78 is 0. The number of rotatable bonds is 3. The number of hydrogen-bond acceptors (Lipinski definition) is 1. The zero-order valence-corrected chi connectivity index (χ0v) is 13.0. The van der Waals surface area contributed by atoms with Crippen LogP contribution in [0.2, 0.25) is 0 Å². The fourth-order valence-corrected chi connectivity index (χ4v) is 7.35. The van der Waals surface area contributed by atoms with Crippen LogP contribution in [0.1, 0.15) is 65.2 Å². The van der Waals surface area contributed by atoms with Gasteiger partial charge in [-0.2, -0.15) is 0 Å². The Morgan fingerprint density at radius 3 is 1.89 bits per heavy atom. The van der Waals surface area contributed by atoms with Crippen LogP contribution in [-0.4, -0.2) is 13.1 Å². The summed E-state index contributed by atoms with van der Waals surface area (Å²) in [5, 5.41) is 3.60. The standard InChI is InChI=1S/C18H31N/c1-4-17(2)15(8-16(17)19-3)18-9-12-5-13(10-18)7-14(6-12)11-18/h12-16,19H,4-11H2,1-3H3. The summed E-state index contributed by atoms with van der Waals surface area (Å²) in [5.41, 5.74) is 1.35. The van der Waals surface area contributed by atoms with E-state index in [-0.39, 0.29) is 0 Å². The summed E-state index contributed by atoms with van der Waals surface area (Å²) in [7, 11) is 2.18. The molecular formula is C18H31N. The molecular weight excluding hydrogens is 230 g/mol. The normalized spacial score (nSPS) is 59.2. The van der Waals surface area contributed by atoms with Gasteiger partial charge in [0.25, 0.3) is 0 Å². The molecule has 0 saturated heterocycles. The molecule has 5 aliphatic carbocycles. The monoisotopic (exact) mass is 261 g/mol. The van der Waals surface area contributed by atoms with Crippen LogP contribution in [0.25, 0.3) is 0 Å². The smallest absolute Gasteiger partial charge is 0.0124 e. The van der Waals surface area contributed by atoms with E-state index in [0.717, 1.165) is 35.1 Å². The van der Waals surface area contributed by atoms with Crippen molar-refractivity contribution in [1.82, 2.24) is 5.32 Å². The first kappa shape index (κ1) is 12.7. The van der Waals surface area contributed by atoms with Crippen LogP contribution in [0.3, 0.4) is 0 Å². The van der Waals surface area contributed by atoms with Gasteiger partial charge >= 0.3 is 0 Å². The van der Waals surface area contributed by atoms with Gasteiger partial charge in [-0.25, -0.2) is 0 Å². The summed E-state index contributed by atoms with van der Waals surface area (Å²) in [6.45, 7) is 5.01. The topological polar surface area (TPSA) is 12.0 Å². The van der Waals surface area contributed by atoms with Crippen molar-refractivity contribution in [2.45, 2.75) is 71.3 Å². The minimum absolute atomic E-state index is 0.584. The van der Waals surface area contributed by atoms with Gasteiger partial charge < -0.3 is 5.32 Å². The van der Waals surface area contributed by atoms with Crippen LogP contribution in [-0.2, 0) is 0 Å². The highest BCUT2D eigenvalue weighted by Gasteiger charge is 2.63. The first-order valence-corrected chi connectivity index (χ1v) is 8.77. The molecule has 0 amide bonds. The van der Waals surface area contributed by atoms with Gasteiger partial charge in [-0.3, -0.25) is 0 Å². The highest BCUT2D eigenvalue weighted by Crippen LogP contribution is 2.69. The second-order valence-corrected chi connectivity index (χ2v) is 8.77. The zero-order valence-electron chi connectivity index (χ0n) is 13.0. The van der Waals surface area contributed by atoms with E-state index < -0.39 is 0 Å². The molecule has 3 atom stereocenters. The molecule has 0 heterocycles. The zero-order chi connectivity index (χ0) is 13.3. The molecule has 5 rings (SSSR count). The van der Waals surface area contributed by atoms with Crippen LogP contribution in [0.4, 0.5) is 0 Å². The molecule has 1 N–H and O–H groups in total. The lowest BCUT2D eigenvalue weighted by Crippen LogP contribution is -2.65. The van der Waals surface area contributed by atoms with Crippen molar-refractivity contribution in [3.63, 3.8) is 0 Å². The highest BCUT2D eigenvalue weighted by atomic mass is 14.9. The third-order valence-corrected chi connectivity index (χ3v) is 8.00. The summed E-state index contributed by atoms with van der Waals surface area (Å²) in [5.74, 6) is 4.36. The molecule has 5 saturated carbocycles. The SMILES string of the molecule is CCC1(C)C(NC)CC1C12CC3CC(CC(C3)C1)C2. The van der Waals surface area contributed by atoms with Gasteiger partial charge in [-0.15, -0.1) is 0 Å². The van der Waals surface area contributed by atoms with Gasteiger partial charge in [0.2, 0.25) is 0 Å². The molecule has 5 fully saturated rings. The molecule has 0 aromatic carbocycles. The molecule has 0 spiro atoms. The van der Waals surface area contributed by atoms with Crippen LogP contribution >= 0.6 is 0 Å². The molecule has 0 aromatic rings. The maximum absolute atomic E-state index is 3.60. The molecule has 5 aliphatic rings. The average molecular weight is 261 g/mol. The Morgan fingerprint density at radius 2 is 1.47 bits per heavy atom. The number of hydrogen-bond donors (Lipinski definition) is 1. The molecule has 0 aromatic heterocycles. The van der Waals surface area contributed by atoms with E-state index in [0.29, 0.717) is 5.41 Å². The number of nitrogens with one attached hydrogen (secondary N) is 1. The molecule has 19 heavy (non-hydrogen) atoms. The van der Waals surface area contributed by atoms with Gasteiger partial charge in [0.05, 0.1) is 0 Å². The minimum atomic E-state index is 0.584. The molecule has 3 unspecified atom stereocenters. The molecule has 4 bridgehead atoms. The van der Waals surface area contributed by atoms with Gasteiger partial charge in [0, 0.05) is 6.04 Å². The lowest BCUT2D eigenvalue weighted by Gasteiger charge is -2.68. The van der Waals surface area contributed by atoms with Crippen molar-refractivity contribution in [2.24, 2.45) is 34.5 Å². The van der Waals surface area contributed by atoms with Crippen molar-refractivity contribution in [2.75, 3.05) is 7.05 Å². The second-order valence-electron chi connectivity index (χ2n) is 8.77. The Hall–Kier alpha value is -0.0400. The third kappa shape index (κ3) is 1.57. The summed E-state index contributed by atoms with van der Waals surface area (Å²) in [6.07, 6.45) is 12.4. The Labute approximate surface area is 118 Å². The van der Waals surface area contributed by atoms with Gasteiger partial charge in [0.1, 0.15) is 0 Å². The molecule has 1 heteroatoms. The quantitative estimate of drug-likeness (QED) is 0.802. The van der Waals surface area contributed by atoms with Gasteiger partial charge in [-0.1, -0.05) is 13.8 Å². The van der Waals surface area contributed by atoms with Gasteiger partial charge in [0.15, 0.2) is 0 Å². The van der Waals surface area contributed by atoms with Gasteiger partial charge in [-0.05, 0) is 92.9 Å². The lowest BCUT2D eigenvalue weighted by molar-refractivity contribution is -0.171. The van der Waals surface area contributed by atoms with Crippen LogP contribution in [0.5, 0.6) is 0 Å². The van der Waals surface area contributed by atoms with E-state index in [1.165, 1.54) is 12.8 Å². The summed E-state index contributed by atoms with van der Waals surface area (Å²) >= 11 is 0. The Morgan fingerprint density at radius 1 is 0.947 bits per heavy atom. The minimum Gasteiger partial charge on any atom is -0.316 e. The fraction of sp³-hybridized carbons (Fsp3) is 1.00. The predicted molar refractivity (Wildman–Crippen MR) is 80.0 cm³/mol.